The summed E-state index contributed by atoms with van der Waals surface area (Å²) in [5, 5.41) is 39.6. The summed E-state index contributed by atoms with van der Waals surface area (Å²) in [4.78, 5) is 22.1. The van der Waals surface area contributed by atoms with Gasteiger partial charge in [0.05, 0.1) is 12.6 Å². The first kappa shape index (κ1) is 16.8. The highest BCUT2D eigenvalue weighted by molar-refractivity contribution is 5.74. The van der Waals surface area contributed by atoms with Gasteiger partial charge in [0.15, 0.2) is 6.10 Å². The molecule has 1 rings (SSSR count). The number of carbonyl (C=O) groups is 2. The number of hydrogen-bond acceptors (Lipinski definition) is 7. The molecule has 1 aliphatic heterocycles. The van der Waals surface area contributed by atoms with Gasteiger partial charge in [-0.1, -0.05) is 0 Å². The zero-order chi connectivity index (χ0) is 15.4. The Morgan fingerprint density at radius 2 is 2.05 bits per heavy atom. The highest BCUT2D eigenvalue weighted by Gasteiger charge is 2.45. The molecule has 9 nitrogen and oxygen atoms in total. The Morgan fingerprint density at radius 1 is 1.45 bits per heavy atom. The van der Waals surface area contributed by atoms with Crippen LogP contribution >= 0.6 is 0 Å². The van der Waals surface area contributed by atoms with Crippen molar-refractivity contribution < 1.29 is 34.8 Å². The number of aliphatic hydroxyl groups is 3. The average Bonchev–Trinajstić information content (AvgIpc) is 2.38. The van der Waals surface area contributed by atoms with Gasteiger partial charge in [0, 0.05) is 19.4 Å². The van der Waals surface area contributed by atoms with Crippen LogP contribution in [0.2, 0.25) is 0 Å². The molecule has 0 aromatic carbocycles. The van der Waals surface area contributed by atoms with E-state index in [1.54, 1.807) is 0 Å². The maximum atomic E-state index is 11.1. The van der Waals surface area contributed by atoms with Crippen molar-refractivity contribution >= 4 is 11.9 Å². The Morgan fingerprint density at radius 3 is 2.50 bits per heavy atom. The minimum absolute atomic E-state index is 0.0429. The molecular weight excluding hydrogens is 272 g/mol. The van der Waals surface area contributed by atoms with Crippen LogP contribution in [0.3, 0.4) is 0 Å². The van der Waals surface area contributed by atoms with Crippen LogP contribution in [-0.2, 0) is 14.3 Å². The first-order valence-electron chi connectivity index (χ1n) is 6.15. The summed E-state index contributed by atoms with van der Waals surface area (Å²) in [6.07, 6.45) is -5.63. The molecule has 20 heavy (non-hydrogen) atoms. The van der Waals surface area contributed by atoms with E-state index in [0.29, 0.717) is 0 Å². The van der Waals surface area contributed by atoms with Crippen molar-refractivity contribution in [1.82, 2.24) is 5.32 Å². The molecule has 0 aromatic heterocycles. The fraction of sp³-hybridized carbons (Fsp3) is 0.818. The van der Waals surface area contributed by atoms with Crippen LogP contribution in [0.15, 0.2) is 0 Å². The van der Waals surface area contributed by atoms with Gasteiger partial charge in [0.2, 0.25) is 5.91 Å². The number of ether oxygens (including phenoxy) is 1. The molecule has 116 valence electrons. The normalized spacial score (nSPS) is 33.2. The number of hydrogen-bond donors (Lipinski definition) is 6. The highest BCUT2D eigenvalue weighted by atomic mass is 16.5. The second-order valence-electron chi connectivity index (χ2n) is 4.79. The lowest BCUT2D eigenvalue weighted by atomic mass is 9.89. The molecule has 9 heteroatoms. The van der Waals surface area contributed by atoms with Crippen LogP contribution in [0.25, 0.3) is 0 Å². The first-order valence-corrected chi connectivity index (χ1v) is 6.15. The third-order valence-corrected chi connectivity index (χ3v) is 3.19. The van der Waals surface area contributed by atoms with Crippen molar-refractivity contribution in [1.29, 1.82) is 0 Å². The highest BCUT2D eigenvalue weighted by Crippen LogP contribution is 2.23. The van der Waals surface area contributed by atoms with E-state index in [1.165, 1.54) is 6.92 Å². The van der Waals surface area contributed by atoms with Gasteiger partial charge in [-0.2, -0.15) is 0 Å². The smallest absolute Gasteiger partial charge is 0.332 e. The van der Waals surface area contributed by atoms with E-state index in [0.717, 1.165) is 0 Å². The maximum Gasteiger partial charge on any atom is 0.332 e. The van der Waals surface area contributed by atoms with E-state index >= 15 is 0 Å². The Hall–Kier alpha value is -1.26. The van der Waals surface area contributed by atoms with Crippen LogP contribution in [-0.4, -0.2) is 75.4 Å². The minimum Gasteiger partial charge on any atom is -0.479 e. The van der Waals surface area contributed by atoms with E-state index in [4.69, 9.17) is 20.7 Å². The molecule has 0 unspecified atom stereocenters. The van der Waals surface area contributed by atoms with Crippen molar-refractivity contribution in [3.63, 3.8) is 0 Å². The Balaban J connectivity index is 2.94. The number of nitrogens with two attached hydrogens (primary N) is 1. The zero-order valence-corrected chi connectivity index (χ0v) is 11.0. The Bertz CT molecular complexity index is 365. The van der Waals surface area contributed by atoms with Crippen LogP contribution in [0, 0.1) is 0 Å². The van der Waals surface area contributed by atoms with Gasteiger partial charge in [-0.15, -0.1) is 0 Å². The maximum absolute atomic E-state index is 11.1. The lowest BCUT2D eigenvalue weighted by molar-refractivity contribution is -0.183. The Kier molecular flexibility index (Phi) is 5.84. The van der Waals surface area contributed by atoms with Crippen molar-refractivity contribution in [2.45, 2.75) is 49.8 Å². The quantitative estimate of drug-likeness (QED) is 0.308. The summed E-state index contributed by atoms with van der Waals surface area (Å²) in [5.74, 6) is -1.68. The number of aliphatic carboxylic acids is 1. The lowest BCUT2D eigenvalue weighted by Gasteiger charge is -2.42. The summed E-state index contributed by atoms with van der Waals surface area (Å²) in [6.45, 7) is 0.503. The largest absolute Gasteiger partial charge is 0.479 e. The van der Waals surface area contributed by atoms with E-state index in [-0.39, 0.29) is 6.42 Å². The predicted molar refractivity (Wildman–Crippen MR) is 65.6 cm³/mol. The second kappa shape index (κ2) is 6.95. The van der Waals surface area contributed by atoms with Gasteiger partial charge in [0.1, 0.15) is 18.3 Å². The van der Waals surface area contributed by atoms with E-state index in [1.807, 2.05) is 0 Å². The molecule has 0 radical (unpaired) electrons. The monoisotopic (exact) mass is 292 g/mol. The van der Waals surface area contributed by atoms with Crippen molar-refractivity contribution in [3.8, 4) is 0 Å². The lowest BCUT2D eigenvalue weighted by Crippen LogP contribution is -2.65. The van der Waals surface area contributed by atoms with Crippen LogP contribution in [0.5, 0.6) is 0 Å². The molecule has 0 bridgehead atoms. The van der Waals surface area contributed by atoms with Gasteiger partial charge in [0.25, 0.3) is 0 Å². The molecule has 1 heterocycles. The molecule has 0 spiro atoms. The SMILES string of the molecule is CC(=O)N[C@H]1[C@H]([C@H](O)[C@H](O)CO)O[C@H](C(=O)O)C[C@@H]1N. The van der Waals surface area contributed by atoms with E-state index in [2.05, 4.69) is 5.32 Å². The summed E-state index contributed by atoms with van der Waals surface area (Å²) in [5.41, 5.74) is 5.81. The van der Waals surface area contributed by atoms with Crippen molar-refractivity contribution in [2.24, 2.45) is 5.73 Å². The summed E-state index contributed by atoms with van der Waals surface area (Å²) >= 11 is 0. The first-order chi connectivity index (χ1) is 9.27. The Labute approximate surface area is 115 Å². The number of nitrogens with one attached hydrogen (secondary N) is 1. The number of carbonyl (C=O) groups excluding carboxylic acids is 1. The third kappa shape index (κ3) is 3.87. The molecule has 0 aromatic rings. The van der Waals surface area contributed by atoms with Gasteiger partial charge < -0.3 is 36.2 Å². The van der Waals surface area contributed by atoms with Gasteiger partial charge >= 0.3 is 5.97 Å². The summed E-state index contributed by atoms with van der Waals surface area (Å²) < 4.78 is 5.20. The topological polar surface area (TPSA) is 162 Å². The van der Waals surface area contributed by atoms with Crippen molar-refractivity contribution in [2.75, 3.05) is 6.61 Å². The summed E-state index contributed by atoms with van der Waals surface area (Å²) in [6, 6.07) is -1.63. The summed E-state index contributed by atoms with van der Waals surface area (Å²) in [7, 11) is 0. The zero-order valence-electron chi connectivity index (χ0n) is 11.0. The number of rotatable bonds is 5. The fourth-order valence-corrected chi connectivity index (χ4v) is 2.17. The molecule has 1 fully saturated rings. The average molecular weight is 292 g/mol. The molecule has 7 N–H and O–H groups in total. The molecule has 0 saturated carbocycles. The predicted octanol–water partition coefficient (Wildman–Crippen LogP) is -3.23. The van der Waals surface area contributed by atoms with Crippen LogP contribution < -0.4 is 11.1 Å². The molecule has 0 aliphatic carbocycles. The molecule has 1 aliphatic rings. The second-order valence-corrected chi connectivity index (χ2v) is 4.79. The molecule has 1 saturated heterocycles. The van der Waals surface area contributed by atoms with E-state index in [9.17, 15) is 19.8 Å². The fourth-order valence-electron chi connectivity index (χ4n) is 2.17. The van der Waals surface area contributed by atoms with Crippen molar-refractivity contribution in [3.05, 3.63) is 0 Å². The van der Waals surface area contributed by atoms with Gasteiger partial charge in [-0.25, -0.2) is 4.79 Å². The molecule has 1 amide bonds. The standard InChI is InChI=1S/C11H20N2O7/c1-4(15)13-8-5(12)2-7(11(18)19)20-10(8)9(17)6(16)3-14/h5-10,14,16-17H,2-3,12H2,1H3,(H,13,15)(H,18,19)/t5-,6+,7-,8+,9+,10+/m0/s1. The van der Waals surface area contributed by atoms with Gasteiger partial charge in [-0.05, 0) is 0 Å². The number of carboxylic acids is 1. The van der Waals surface area contributed by atoms with E-state index < -0.39 is 55.0 Å². The molecular formula is C11H20N2O7. The molecule has 6 atom stereocenters. The van der Waals surface area contributed by atoms with Gasteiger partial charge in [-0.3, -0.25) is 4.79 Å². The third-order valence-electron chi connectivity index (χ3n) is 3.19. The van der Waals surface area contributed by atoms with Crippen LogP contribution in [0.1, 0.15) is 13.3 Å². The minimum atomic E-state index is -1.58. The number of aliphatic hydroxyl groups excluding tert-OH is 3. The van der Waals surface area contributed by atoms with Crippen LogP contribution in [0.4, 0.5) is 0 Å². The number of amides is 1. The number of carboxylic acid groups (broad SMARTS) is 1.